The Kier molecular flexibility index (Phi) is 29.6. The number of aldehydes is 1. The minimum Gasteiger partial charge on any atom is -0.497 e. The average Bonchev–Trinajstić information content (AvgIpc) is 1.60. The molecule has 0 atom stereocenters. The molecule has 7 aromatic carbocycles. The molecule has 17 aliphatic rings. The second-order valence-electron chi connectivity index (χ2n) is 34.5. The topological polar surface area (TPSA) is 313 Å². The van der Waals surface area contributed by atoms with Gasteiger partial charge in [0.15, 0.2) is 23.0 Å². The van der Waals surface area contributed by atoms with Crippen molar-refractivity contribution in [3.05, 3.63) is 202 Å². The molecule has 0 aromatic heterocycles. The first-order chi connectivity index (χ1) is 60.3. The zero-order valence-electron chi connectivity index (χ0n) is 71.8. The summed E-state index contributed by atoms with van der Waals surface area (Å²) in [7, 11) is 6.44. The summed E-state index contributed by atoms with van der Waals surface area (Å²) in [6.45, 7) is 19.2. The molecule has 17 heterocycles. The monoisotopic (exact) mass is 1690 g/mol. The van der Waals surface area contributed by atoms with Crippen LogP contribution in [0.2, 0.25) is 0 Å². The van der Waals surface area contributed by atoms with E-state index in [0.717, 1.165) is 206 Å². The van der Waals surface area contributed by atoms with E-state index >= 15 is 0 Å². The molecule has 15 fully saturated rings. The normalized spacial score (nSPS) is 25.9. The van der Waals surface area contributed by atoms with E-state index in [9.17, 15) is 28.8 Å². The molecule has 28 heteroatoms. The summed E-state index contributed by atoms with van der Waals surface area (Å²) in [6.07, 6.45) is 21.7. The highest BCUT2D eigenvalue weighted by Crippen LogP contribution is 2.45. The van der Waals surface area contributed by atoms with Gasteiger partial charge in [-0.05, 0) is 301 Å². The second-order valence-corrected chi connectivity index (χ2v) is 34.5. The third-order valence-corrected chi connectivity index (χ3v) is 27.0. The van der Waals surface area contributed by atoms with Crippen molar-refractivity contribution in [3.63, 3.8) is 0 Å². The van der Waals surface area contributed by atoms with E-state index in [-0.39, 0.29) is 77.6 Å². The van der Waals surface area contributed by atoms with Gasteiger partial charge in [0.25, 0.3) is 11.8 Å². The van der Waals surface area contributed by atoms with Gasteiger partial charge in [0.1, 0.15) is 62.3 Å². The first-order valence-corrected chi connectivity index (χ1v) is 43.4. The SMILES string of the molecule is COc1ccc(COc2cc3c(cc2OCc2ccc(OC)cc2)C(=O)N(NCC24CCN(CC2)CC4)C3=O)cc1.COc1ccc(COc2cc3c(cc2OCc2ccc(OC)cc2)C(=O)OC3=O)cc1.N#CC12CCN(CC1)CC2.N/N=C/C12CCN(CC1)CC2.O=C(N/N=C/C12CCN(CC1)CC2)OCc1ccccc1.O=CC12CCN(CC1)CC2. The molecule has 7 aromatic rings. The molecule has 17 aliphatic heterocycles. The number of benzene rings is 7. The number of carbonyl (C=O) groups excluding carboxylic acids is 6. The van der Waals surface area contributed by atoms with Gasteiger partial charge in [-0.1, -0.05) is 78.9 Å². The van der Waals surface area contributed by atoms with E-state index in [1.165, 1.54) is 62.3 Å². The van der Waals surface area contributed by atoms with E-state index in [0.29, 0.717) is 46.1 Å². The summed E-state index contributed by atoms with van der Waals surface area (Å²) >= 11 is 0. The summed E-state index contributed by atoms with van der Waals surface area (Å²) in [5.74, 6) is 7.53. The fourth-order valence-electron chi connectivity index (χ4n) is 18.1. The van der Waals surface area contributed by atoms with Crippen LogP contribution in [0.15, 0.2) is 162 Å². The number of hydrazine groups is 1. The van der Waals surface area contributed by atoms with Gasteiger partial charge in [-0.2, -0.15) is 15.5 Å². The van der Waals surface area contributed by atoms with Gasteiger partial charge < -0.3 is 82.5 Å². The predicted octanol–water partition coefficient (Wildman–Crippen LogP) is 13.1. The minimum atomic E-state index is -0.698. The van der Waals surface area contributed by atoms with Crippen molar-refractivity contribution in [1.82, 2.24) is 40.4 Å². The molecule has 15 saturated heterocycles. The molecule has 0 saturated carbocycles. The number of nitrogens with one attached hydrogen (secondary N) is 2. The van der Waals surface area contributed by atoms with Crippen molar-refractivity contribution in [2.75, 3.05) is 133 Å². The van der Waals surface area contributed by atoms with Gasteiger partial charge in [-0.25, -0.2) is 30.2 Å². The van der Waals surface area contributed by atoms with Crippen LogP contribution in [-0.2, 0) is 47.3 Å². The molecule has 0 spiro atoms. The summed E-state index contributed by atoms with van der Waals surface area (Å²) < 4.78 is 54.8. The van der Waals surface area contributed by atoms with Crippen LogP contribution in [0.25, 0.3) is 0 Å². The molecule has 656 valence electrons. The zero-order valence-corrected chi connectivity index (χ0v) is 71.8. The van der Waals surface area contributed by atoms with Crippen molar-refractivity contribution in [1.29, 1.82) is 5.26 Å². The van der Waals surface area contributed by atoms with Crippen molar-refractivity contribution >= 4 is 48.6 Å². The lowest BCUT2D eigenvalue weighted by atomic mass is 9.72. The summed E-state index contributed by atoms with van der Waals surface area (Å²) in [5, 5.41) is 17.9. The number of amides is 3. The summed E-state index contributed by atoms with van der Waals surface area (Å²) in [6, 6.07) is 48.3. The third-order valence-electron chi connectivity index (χ3n) is 27.0. The molecule has 3 amide bonds. The van der Waals surface area contributed by atoms with E-state index in [1.54, 1.807) is 40.6 Å². The lowest BCUT2D eigenvalue weighted by Crippen LogP contribution is -2.55. The Morgan fingerprint density at radius 2 is 0.742 bits per heavy atom. The fraction of sp³-hybridized carbons (Fsp3) is 0.469. The lowest BCUT2D eigenvalue weighted by Gasteiger charge is -2.48. The molecular weight excluding hydrogens is 1580 g/mol. The van der Waals surface area contributed by atoms with Crippen LogP contribution in [0, 0.1) is 38.4 Å². The van der Waals surface area contributed by atoms with E-state index in [4.69, 9.17) is 58.5 Å². The number of rotatable bonds is 25. The number of hydrogen-bond donors (Lipinski definition) is 3. The number of fused-ring (bicyclic) bond motifs is 17. The highest BCUT2D eigenvalue weighted by atomic mass is 16.6. The number of ether oxygens (including phenoxy) is 10. The molecule has 10 bridgehead atoms. The number of methoxy groups -OCH3 is 4. The van der Waals surface area contributed by atoms with Crippen LogP contribution in [0.1, 0.15) is 166 Å². The van der Waals surface area contributed by atoms with Crippen molar-refractivity contribution in [2.24, 2.45) is 43.1 Å². The number of esters is 2. The Bertz CT molecular complexity index is 4640. The summed E-state index contributed by atoms with van der Waals surface area (Å²) in [5.41, 5.74) is 12.1. The smallest absolute Gasteiger partial charge is 0.428 e. The van der Waals surface area contributed by atoms with Crippen molar-refractivity contribution in [3.8, 4) is 52.1 Å². The van der Waals surface area contributed by atoms with Gasteiger partial charge in [-0.15, -0.1) is 0 Å². The molecule has 124 heavy (non-hydrogen) atoms. The highest BCUT2D eigenvalue weighted by molar-refractivity contribution is 6.21. The maximum Gasteiger partial charge on any atom is 0.428 e. The predicted molar refractivity (Wildman–Crippen MR) is 467 cm³/mol. The number of nitrogens with zero attached hydrogens (tertiary/aromatic N) is 9. The Morgan fingerprint density at radius 1 is 0.427 bits per heavy atom. The molecule has 28 nitrogen and oxygen atoms in total. The van der Waals surface area contributed by atoms with Crippen LogP contribution in [0.5, 0.6) is 46.0 Å². The maximum absolute atomic E-state index is 13.4. The quantitative estimate of drug-likeness (QED) is 0.00910. The molecule has 0 unspecified atom stereocenters. The number of imide groups is 1. The van der Waals surface area contributed by atoms with Crippen LogP contribution in [0.3, 0.4) is 0 Å². The van der Waals surface area contributed by atoms with Crippen molar-refractivity contribution < 1.29 is 76.1 Å². The van der Waals surface area contributed by atoms with Gasteiger partial charge in [0.05, 0.1) is 62.2 Å². The Labute approximate surface area is 726 Å². The Hall–Kier alpha value is -11.4. The fourth-order valence-corrected chi connectivity index (χ4v) is 18.1. The lowest BCUT2D eigenvalue weighted by molar-refractivity contribution is -0.122. The van der Waals surface area contributed by atoms with Crippen LogP contribution in [0.4, 0.5) is 4.79 Å². The number of piperidine rings is 15. The van der Waals surface area contributed by atoms with E-state index in [2.05, 4.69) is 51.6 Å². The third kappa shape index (κ3) is 22.6. The molecule has 24 rings (SSSR count). The van der Waals surface area contributed by atoms with Crippen molar-refractivity contribution in [2.45, 2.75) is 129 Å². The van der Waals surface area contributed by atoms with Crippen LogP contribution >= 0.6 is 0 Å². The van der Waals surface area contributed by atoms with Gasteiger partial charge in [0, 0.05) is 35.2 Å². The number of nitrogens with two attached hydrogens (primary N) is 1. The Morgan fingerprint density at radius 3 is 1.06 bits per heavy atom. The number of hydrazone groups is 2. The average molecular weight is 1690 g/mol. The van der Waals surface area contributed by atoms with Crippen LogP contribution in [-0.4, -0.2) is 211 Å². The molecule has 0 aliphatic carbocycles. The number of hydrogen-bond acceptors (Lipinski definition) is 26. The first-order valence-electron chi connectivity index (χ1n) is 43.4. The molecular formula is C96H116N12O16. The van der Waals surface area contributed by atoms with E-state index in [1.807, 2.05) is 140 Å². The standard InChI is InChI=1S/C32H35N3O6.C24H20O7.C16H21N3O2.C8H15N3.C8H12N2.C8H13NO/c1-38-24-7-3-22(4-8-24)19-40-28-17-26-27(18-29(28)41-20-23-5-9-25(39-2)10-6-23)31(37)35(30(26)36)33-21-32-11-14-34(15-12-32)16-13-32;1-27-17-7-3-15(4-8-17)13-29-21-11-19-20(24(26)31-23(19)25)12-22(21)30-14-16-5-9-18(28-2)10-6-16;20-15(21-12-14-4-2-1-3-5-14)18-17-13-16-6-9-19(10-7-16)11-8-16;9-10-7-8-1-4-11(5-2-8)6-3-8;9-7-8-1-4-10(5-2-8)6-3-8;10-7-8-1-4-9(5-2-8)6-3-8/h3-10,17-18,33H,11-16,19-21H2,1-2H3;3-12H,13-14H2,1-2H3;1-5,13H,6-12H2,(H,18,20);7H,1-6,9H2;1-6H2;7H,1-6H2/b;;17-13+;10-7+;;. The minimum absolute atomic E-state index is 0.0920. The van der Waals surface area contributed by atoms with Gasteiger partial charge in [0.2, 0.25) is 0 Å². The maximum atomic E-state index is 13.4. The number of cyclic esters (lactones) is 2. The van der Waals surface area contributed by atoms with E-state index < -0.39 is 18.0 Å². The van der Waals surface area contributed by atoms with Crippen LogP contribution < -0.4 is 54.6 Å². The first kappa shape index (κ1) is 88.8. The second kappa shape index (κ2) is 41.4. The number of carbonyl (C=O) groups is 6. The zero-order chi connectivity index (χ0) is 86.5. The molecule has 4 N–H and O–H groups in total. The molecule has 0 radical (unpaired) electrons. The Balaban J connectivity index is 0.000000132. The largest absolute Gasteiger partial charge is 0.497 e. The van der Waals surface area contributed by atoms with Gasteiger partial charge in [-0.3, -0.25) is 9.59 Å². The number of nitriles is 1. The highest BCUT2D eigenvalue weighted by Gasteiger charge is 2.45. The summed E-state index contributed by atoms with van der Waals surface area (Å²) in [4.78, 5) is 85.5. The van der Waals surface area contributed by atoms with Gasteiger partial charge >= 0.3 is 18.0 Å².